The van der Waals surface area contributed by atoms with Crippen LogP contribution in [-0.4, -0.2) is 32.1 Å². The molecule has 3 rings (SSSR count). The highest BCUT2D eigenvalue weighted by Gasteiger charge is 2.33. The van der Waals surface area contributed by atoms with E-state index in [1.807, 2.05) is 7.05 Å². The molecule has 0 saturated carbocycles. The molecule has 0 spiro atoms. The van der Waals surface area contributed by atoms with Crippen LogP contribution in [0.25, 0.3) is 0 Å². The van der Waals surface area contributed by atoms with Crippen molar-refractivity contribution in [3.8, 4) is 0 Å². The summed E-state index contributed by atoms with van der Waals surface area (Å²) in [7, 11) is 1.99. The van der Waals surface area contributed by atoms with Gasteiger partial charge in [0.2, 0.25) is 5.91 Å². The zero-order valence-electron chi connectivity index (χ0n) is 12.9. The molecule has 1 amide bonds. The minimum absolute atomic E-state index is 0.232. The van der Waals surface area contributed by atoms with E-state index in [0.29, 0.717) is 24.4 Å². The number of carbonyl (C=O) groups is 1. The van der Waals surface area contributed by atoms with Crippen LogP contribution >= 0.6 is 0 Å². The van der Waals surface area contributed by atoms with E-state index in [1.54, 1.807) is 0 Å². The number of hydrogen-bond acceptors (Lipinski definition) is 3. The molecule has 0 aliphatic carbocycles. The Labute approximate surface area is 126 Å². The number of fused-ring (bicyclic) bond motifs is 1. The summed E-state index contributed by atoms with van der Waals surface area (Å²) in [5.74, 6) is 0.836. The fourth-order valence-electron chi connectivity index (χ4n) is 3.49. The minimum Gasteiger partial charge on any atom is -0.371 e. The zero-order chi connectivity index (χ0) is 14.8. The number of carbonyl (C=O) groups excluding carboxylic acids is 1. The number of hydrogen-bond donors (Lipinski definition) is 2. The van der Waals surface area contributed by atoms with Gasteiger partial charge in [-0.25, -0.2) is 0 Å². The van der Waals surface area contributed by atoms with E-state index in [2.05, 4.69) is 46.7 Å². The van der Waals surface area contributed by atoms with Crippen LogP contribution in [0.5, 0.6) is 0 Å². The van der Waals surface area contributed by atoms with Crippen LogP contribution in [0.15, 0.2) is 24.3 Å². The number of nitrogens with zero attached hydrogens (tertiary/aromatic N) is 1. The second-order valence-corrected chi connectivity index (χ2v) is 6.31. The van der Waals surface area contributed by atoms with Crippen LogP contribution < -0.4 is 15.5 Å². The fraction of sp³-hybridized carbons (Fsp3) is 0.588. The highest BCUT2D eigenvalue weighted by atomic mass is 16.1. The van der Waals surface area contributed by atoms with Crippen molar-refractivity contribution in [2.75, 3.05) is 25.0 Å². The molecule has 2 aliphatic rings. The Morgan fingerprint density at radius 3 is 2.76 bits per heavy atom. The Hall–Kier alpha value is -1.55. The average molecular weight is 287 g/mol. The van der Waals surface area contributed by atoms with Gasteiger partial charge in [0.05, 0.1) is 0 Å². The van der Waals surface area contributed by atoms with Crippen molar-refractivity contribution in [2.45, 2.75) is 38.3 Å². The predicted octanol–water partition coefficient (Wildman–Crippen LogP) is 2.07. The molecule has 3 atom stereocenters. The lowest BCUT2D eigenvalue weighted by molar-refractivity contribution is -0.124. The van der Waals surface area contributed by atoms with Crippen LogP contribution in [-0.2, 0) is 4.79 Å². The second kappa shape index (κ2) is 6.06. The molecule has 3 unspecified atom stereocenters. The van der Waals surface area contributed by atoms with Crippen LogP contribution in [0, 0.1) is 5.92 Å². The molecule has 21 heavy (non-hydrogen) atoms. The van der Waals surface area contributed by atoms with E-state index in [0.717, 1.165) is 25.9 Å². The van der Waals surface area contributed by atoms with E-state index in [-0.39, 0.29) is 5.91 Å². The molecule has 4 heteroatoms. The quantitative estimate of drug-likeness (QED) is 0.894. The van der Waals surface area contributed by atoms with Crippen molar-refractivity contribution in [3.05, 3.63) is 29.8 Å². The van der Waals surface area contributed by atoms with Gasteiger partial charge in [-0.15, -0.1) is 0 Å². The maximum absolute atomic E-state index is 11.5. The summed E-state index contributed by atoms with van der Waals surface area (Å²) in [6, 6.07) is 9.66. The van der Waals surface area contributed by atoms with E-state index in [9.17, 15) is 4.79 Å². The molecule has 2 saturated heterocycles. The van der Waals surface area contributed by atoms with Crippen molar-refractivity contribution < 1.29 is 4.79 Å². The van der Waals surface area contributed by atoms with E-state index < -0.39 is 0 Å². The van der Waals surface area contributed by atoms with Gasteiger partial charge < -0.3 is 15.5 Å². The Balaban J connectivity index is 1.66. The van der Waals surface area contributed by atoms with E-state index >= 15 is 0 Å². The van der Waals surface area contributed by atoms with Crippen LogP contribution in [0.4, 0.5) is 5.69 Å². The minimum atomic E-state index is 0.232. The van der Waals surface area contributed by atoms with Gasteiger partial charge in [0, 0.05) is 37.3 Å². The van der Waals surface area contributed by atoms with Crippen molar-refractivity contribution in [1.29, 1.82) is 0 Å². The summed E-state index contributed by atoms with van der Waals surface area (Å²) < 4.78 is 0. The number of benzene rings is 1. The van der Waals surface area contributed by atoms with Crippen molar-refractivity contribution in [1.82, 2.24) is 10.6 Å². The van der Waals surface area contributed by atoms with Gasteiger partial charge >= 0.3 is 0 Å². The number of anilines is 1. The lowest BCUT2D eigenvalue weighted by Gasteiger charge is -2.42. The monoisotopic (exact) mass is 287 g/mol. The average Bonchev–Trinajstić information content (AvgIpc) is 2.53. The standard InChI is InChI=1S/C17H25N3O/c1-12(18-2)13-3-6-15(7-4-13)20-10-9-16-14(11-20)5-8-17(21)19-16/h3-4,6-7,12,14,16,18H,5,8-11H2,1-2H3,(H,19,21). The molecule has 0 radical (unpaired) electrons. The predicted molar refractivity (Wildman–Crippen MR) is 85.4 cm³/mol. The van der Waals surface area contributed by atoms with Gasteiger partial charge in [-0.1, -0.05) is 12.1 Å². The highest BCUT2D eigenvalue weighted by Crippen LogP contribution is 2.29. The van der Waals surface area contributed by atoms with Crippen LogP contribution in [0.1, 0.15) is 37.8 Å². The molecule has 1 aromatic carbocycles. The van der Waals surface area contributed by atoms with Crippen molar-refractivity contribution in [2.24, 2.45) is 5.92 Å². The summed E-state index contributed by atoms with van der Waals surface area (Å²) >= 11 is 0. The second-order valence-electron chi connectivity index (χ2n) is 6.31. The normalized spacial score (nSPS) is 27.0. The fourth-order valence-corrected chi connectivity index (χ4v) is 3.49. The first-order chi connectivity index (χ1) is 10.2. The molecule has 0 aromatic heterocycles. The summed E-state index contributed by atoms with van der Waals surface area (Å²) in [6.07, 6.45) is 2.78. The lowest BCUT2D eigenvalue weighted by atomic mass is 9.85. The first-order valence-corrected chi connectivity index (χ1v) is 7.99. The summed E-state index contributed by atoms with van der Waals surface area (Å²) in [5, 5.41) is 6.42. The van der Waals surface area contributed by atoms with Crippen LogP contribution in [0.2, 0.25) is 0 Å². The Bertz CT molecular complexity index is 499. The molecule has 0 bridgehead atoms. The number of amides is 1. The van der Waals surface area contributed by atoms with Gasteiger partial charge in [0.1, 0.15) is 0 Å². The Kier molecular flexibility index (Phi) is 4.15. The first kappa shape index (κ1) is 14.4. The van der Waals surface area contributed by atoms with E-state index in [4.69, 9.17) is 0 Å². The van der Waals surface area contributed by atoms with Crippen molar-refractivity contribution in [3.63, 3.8) is 0 Å². The molecule has 2 fully saturated rings. The molecule has 2 aliphatic heterocycles. The molecule has 1 aromatic rings. The third-order valence-electron chi connectivity index (χ3n) is 5.01. The van der Waals surface area contributed by atoms with Gasteiger partial charge in [0.25, 0.3) is 0 Å². The smallest absolute Gasteiger partial charge is 0.220 e. The van der Waals surface area contributed by atoms with Gasteiger partial charge in [-0.3, -0.25) is 4.79 Å². The SMILES string of the molecule is CNC(C)c1ccc(N2CCC3NC(=O)CCC3C2)cc1. The highest BCUT2D eigenvalue weighted by molar-refractivity contribution is 5.77. The maximum atomic E-state index is 11.5. The largest absolute Gasteiger partial charge is 0.371 e. The molecular formula is C17H25N3O. The number of piperidine rings is 2. The topological polar surface area (TPSA) is 44.4 Å². The number of rotatable bonds is 3. The Morgan fingerprint density at radius 2 is 2.05 bits per heavy atom. The first-order valence-electron chi connectivity index (χ1n) is 7.99. The van der Waals surface area contributed by atoms with Gasteiger partial charge in [-0.05, 0) is 50.4 Å². The van der Waals surface area contributed by atoms with Crippen molar-refractivity contribution >= 4 is 11.6 Å². The molecule has 2 N–H and O–H groups in total. The number of nitrogens with one attached hydrogen (secondary N) is 2. The van der Waals surface area contributed by atoms with Crippen LogP contribution in [0.3, 0.4) is 0 Å². The summed E-state index contributed by atoms with van der Waals surface area (Å²) in [6.45, 7) is 4.26. The molecule has 114 valence electrons. The Morgan fingerprint density at radius 1 is 1.29 bits per heavy atom. The zero-order valence-corrected chi connectivity index (χ0v) is 12.9. The molecule has 4 nitrogen and oxygen atoms in total. The van der Waals surface area contributed by atoms with E-state index in [1.165, 1.54) is 11.3 Å². The third kappa shape index (κ3) is 3.05. The van der Waals surface area contributed by atoms with Gasteiger partial charge in [-0.2, -0.15) is 0 Å². The summed E-state index contributed by atoms with van der Waals surface area (Å²) in [5.41, 5.74) is 2.62. The third-order valence-corrected chi connectivity index (χ3v) is 5.01. The molecule has 2 heterocycles. The summed E-state index contributed by atoms with van der Waals surface area (Å²) in [4.78, 5) is 13.9. The van der Waals surface area contributed by atoms with Gasteiger partial charge in [0.15, 0.2) is 0 Å². The maximum Gasteiger partial charge on any atom is 0.220 e. The lowest BCUT2D eigenvalue weighted by Crippen LogP contribution is -2.54. The molecular weight excluding hydrogens is 262 g/mol.